The summed E-state index contributed by atoms with van der Waals surface area (Å²) in [6.07, 6.45) is 0. The van der Waals surface area contributed by atoms with Gasteiger partial charge in [-0.2, -0.15) is 0 Å². The van der Waals surface area contributed by atoms with Gasteiger partial charge in [0.15, 0.2) is 0 Å². The van der Waals surface area contributed by atoms with Crippen LogP contribution in [0.5, 0.6) is 0 Å². The van der Waals surface area contributed by atoms with Gasteiger partial charge in [-0.1, -0.05) is 12.1 Å². The fourth-order valence-electron chi connectivity index (χ4n) is 1.65. The Kier molecular flexibility index (Phi) is 10.2. The minimum absolute atomic E-state index is 0. The Morgan fingerprint density at radius 3 is 2.21 bits per heavy atom. The number of amides is 4. The Hall–Kier alpha value is -2.32. The molecule has 0 heterocycles. The molecule has 0 saturated heterocycles. The lowest BCUT2D eigenvalue weighted by atomic mass is 10.2. The molecule has 6 N–H and O–H groups in total. The predicted molar refractivity (Wildman–Crippen MR) is 94.9 cm³/mol. The zero-order valence-corrected chi connectivity index (χ0v) is 14.5. The van der Waals surface area contributed by atoms with Crippen molar-refractivity contribution in [1.82, 2.24) is 16.0 Å². The Morgan fingerprint density at radius 1 is 1.04 bits per heavy atom. The number of carbonyl (C=O) groups excluding carboxylic acids is 3. The van der Waals surface area contributed by atoms with E-state index >= 15 is 0 Å². The number of urea groups is 1. The second-order valence-corrected chi connectivity index (χ2v) is 5.21. The number of benzene rings is 1. The van der Waals surface area contributed by atoms with Crippen LogP contribution in [0.2, 0.25) is 0 Å². The van der Waals surface area contributed by atoms with Crippen LogP contribution in [0.3, 0.4) is 0 Å². The molecule has 0 atom stereocenters. The van der Waals surface area contributed by atoms with Crippen molar-refractivity contribution in [3.05, 3.63) is 29.8 Å². The molecule has 4 amide bonds. The van der Waals surface area contributed by atoms with Gasteiger partial charge in [0.05, 0.1) is 13.1 Å². The molecule has 0 fully saturated rings. The van der Waals surface area contributed by atoms with Crippen molar-refractivity contribution in [3.63, 3.8) is 0 Å². The van der Waals surface area contributed by atoms with E-state index in [1.807, 2.05) is 13.8 Å². The number of halogens is 1. The van der Waals surface area contributed by atoms with Gasteiger partial charge in [0.25, 0.3) is 0 Å². The predicted octanol–water partition coefficient (Wildman–Crippen LogP) is 0.329. The van der Waals surface area contributed by atoms with Gasteiger partial charge in [-0.15, -0.1) is 12.4 Å². The van der Waals surface area contributed by atoms with Gasteiger partial charge in [0.2, 0.25) is 11.8 Å². The average molecular weight is 358 g/mol. The van der Waals surface area contributed by atoms with E-state index in [1.54, 1.807) is 24.3 Å². The molecular formula is C15H24ClN5O3. The van der Waals surface area contributed by atoms with Gasteiger partial charge in [0.1, 0.15) is 0 Å². The van der Waals surface area contributed by atoms with E-state index in [0.29, 0.717) is 12.2 Å². The molecule has 0 unspecified atom stereocenters. The van der Waals surface area contributed by atoms with Crippen LogP contribution in [-0.4, -0.2) is 37.0 Å². The quantitative estimate of drug-likeness (QED) is 0.482. The lowest BCUT2D eigenvalue weighted by molar-refractivity contribution is -0.125. The largest absolute Gasteiger partial charge is 0.350 e. The first kappa shape index (κ1) is 21.7. The summed E-state index contributed by atoms with van der Waals surface area (Å²) in [5, 5.41) is 10.5. The van der Waals surface area contributed by atoms with Crippen molar-refractivity contribution in [2.45, 2.75) is 26.4 Å². The minimum atomic E-state index is -0.379. The van der Waals surface area contributed by atoms with Crippen molar-refractivity contribution >= 4 is 35.9 Å². The SMILES string of the molecule is CC(C)NC(=O)Nc1ccc(CNC(=O)CNC(=O)CN)cc1.Cl. The maximum atomic E-state index is 11.6. The minimum Gasteiger partial charge on any atom is -0.350 e. The molecule has 0 radical (unpaired) electrons. The Morgan fingerprint density at radius 2 is 1.67 bits per heavy atom. The molecule has 134 valence electrons. The van der Waals surface area contributed by atoms with E-state index in [4.69, 9.17) is 5.73 Å². The molecule has 0 aromatic heterocycles. The van der Waals surface area contributed by atoms with Crippen LogP contribution >= 0.6 is 12.4 Å². The van der Waals surface area contributed by atoms with Crippen LogP contribution in [0.1, 0.15) is 19.4 Å². The number of rotatable bonds is 7. The Labute approximate surface area is 147 Å². The third-order valence-corrected chi connectivity index (χ3v) is 2.75. The number of nitrogens with two attached hydrogens (primary N) is 1. The van der Waals surface area contributed by atoms with E-state index in [2.05, 4.69) is 21.3 Å². The molecule has 9 heteroatoms. The van der Waals surface area contributed by atoms with Crippen LogP contribution in [0.4, 0.5) is 10.5 Å². The highest BCUT2D eigenvalue weighted by molar-refractivity contribution is 5.89. The van der Waals surface area contributed by atoms with Crippen LogP contribution in [0.25, 0.3) is 0 Å². The summed E-state index contributed by atoms with van der Waals surface area (Å²) in [6.45, 7) is 3.83. The van der Waals surface area contributed by atoms with Gasteiger partial charge in [0, 0.05) is 18.3 Å². The summed E-state index contributed by atoms with van der Waals surface area (Å²) in [7, 11) is 0. The number of carbonyl (C=O) groups is 3. The summed E-state index contributed by atoms with van der Waals surface area (Å²) in [4.78, 5) is 34.0. The molecule has 0 saturated carbocycles. The zero-order valence-electron chi connectivity index (χ0n) is 13.7. The number of anilines is 1. The average Bonchev–Trinajstić information content (AvgIpc) is 2.51. The molecule has 0 aliphatic heterocycles. The van der Waals surface area contributed by atoms with Crippen LogP contribution < -0.4 is 27.0 Å². The fourth-order valence-corrected chi connectivity index (χ4v) is 1.65. The Balaban J connectivity index is 0.00000529. The van der Waals surface area contributed by atoms with E-state index in [9.17, 15) is 14.4 Å². The summed E-state index contributed by atoms with van der Waals surface area (Å²) < 4.78 is 0. The monoisotopic (exact) mass is 357 g/mol. The third kappa shape index (κ3) is 8.96. The van der Waals surface area contributed by atoms with Crippen molar-refractivity contribution in [2.24, 2.45) is 5.73 Å². The number of hydrogen-bond donors (Lipinski definition) is 5. The van der Waals surface area contributed by atoms with Crippen LogP contribution in [-0.2, 0) is 16.1 Å². The van der Waals surface area contributed by atoms with Crippen LogP contribution in [0, 0.1) is 0 Å². The fraction of sp³-hybridized carbons (Fsp3) is 0.400. The van der Waals surface area contributed by atoms with Crippen molar-refractivity contribution < 1.29 is 14.4 Å². The van der Waals surface area contributed by atoms with Crippen molar-refractivity contribution in [1.29, 1.82) is 0 Å². The van der Waals surface area contributed by atoms with Crippen LogP contribution in [0.15, 0.2) is 24.3 Å². The molecule has 0 bridgehead atoms. The lowest BCUT2D eigenvalue weighted by Crippen LogP contribution is -2.39. The molecule has 1 aromatic rings. The standard InChI is InChI=1S/C15H23N5O3.ClH/c1-10(2)19-15(23)20-12-5-3-11(4-6-12)8-17-14(22)9-18-13(21)7-16;/h3-6,10H,7-9,16H2,1-2H3,(H,17,22)(H,18,21)(H2,19,20,23);1H. The first-order valence-electron chi connectivity index (χ1n) is 7.30. The first-order valence-corrected chi connectivity index (χ1v) is 7.30. The zero-order chi connectivity index (χ0) is 17.2. The molecule has 24 heavy (non-hydrogen) atoms. The van der Waals surface area contributed by atoms with Gasteiger partial charge < -0.3 is 27.0 Å². The van der Waals surface area contributed by atoms with Crippen molar-refractivity contribution in [2.75, 3.05) is 18.4 Å². The Bertz CT molecular complexity index is 549. The molecule has 8 nitrogen and oxygen atoms in total. The highest BCUT2D eigenvalue weighted by Gasteiger charge is 2.05. The highest BCUT2D eigenvalue weighted by Crippen LogP contribution is 2.09. The first-order chi connectivity index (χ1) is 10.9. The molecule has 0 spiro atoms. The summed E-state index contributed by atoms with van der Waals surface area (Å²) in [5.41, 5.74) is 6.65. The van der Waals surface area contributed by atoms with Gasteiger partial charge in [-0.25, -0.2) is 4.79 Å². The third-order valence-electron chi connectivity index (χ3n) is 2.75. The molecule has 0 aliphatic rings. The van der Waals surface area contributed by atoms with E-state index < -0.39 is 0 Å². The topological polar surface area (TPSA) is 125 Å². The number of hydrogen-bond acceptors (Lipinski definition) is 4. The lowest BCUT2D eigenvalue weighted by Gasteiger charge is -2.11. The molecule has 1 aromatic carbocycles. The maximum absolute atomic E-state index is 11.6. The highest BCUT2D eigenvalue weighted by atomic mass is 35.5. The summed E-state index contributed by atoms with van der Waals surface area (Å²) in [5.74, 6) is -0.680. The number of nitrogens with one attached hydrogen (secondary N) is 4. The summed E-state index contributed by atoms with van der Waals surface area (Å²) >= 11 is 0. The van der Waals surface area contributed by atoms with E-state index in [0.717, 1.165) is 5.56 Å². The molecule has 0 aliphatic carbocycles. The second-order valence-electron chi connectivity index (χ2n) is 5.21. The van der Waals surface area contributed by atoms with Gasteiger partial charge in [-0.05, 0) is 31.5 Å². The van der Waals surface area contributed by atoms with E-state index in [-0.39, 0.29) is 49.4 Å². The van der Waals surface area contributed by atoms with Gasteiger partial charge >= 0.3 is 6.03 Å². The van der Waals surface area contributed by atoms with Crippen molar-refractivity contribution in [3.8, 4) is 0 Å². The van der Waals surface area contributed by atoms with Gasteiger partial charge in [-0.3, -0.25) is 9.59 Å². The second kappa shape index (κ2) is 11.3. The maximum Gasteiger partial charge on any atom is 0.319 e. The molecule has 1 rings (SSSR count). The van der Waals surface area contributed by atoms with E-state index in [1.165, 1.54) is 0 Å². The smallest absolute Gasteiger partial charge is 0.319 e. The molecular weight excluding hydrogens is 334 g/mol. The summed E-state index contributed by atoms with van der Waals surface area (Å²) in [6, 6.07) is 6.88. The normalized spacial score (nSPS) is 9.67.